The molecule has 0 spiro atoms. The molecule has 2 aromatic carbocycles. The van der Waals surface area contributed by atoms with Crippen LogP contribution < -0.4 is 15.4 Å². The van der Waals surface area contributed by atoms with Crippen LogP contribution in [0.1, 0.15) is 25.8 Å². The van der Waals surface area contributed by atoms with Gasteiger partial charge in [-0.05, 0) is 43.0 Å². The fraction of sp³-hybridized carbons (Fsp3) is 0.409. The van der Waals surface area contributed by atoms with Crippen molar-refractivity contribution in [2.75, 3.05) is 13.1 Å². The highest BCUT2D eigenvalue weighted by atomic mass is 16.6. The summed E-state index contributed by atoms with van der Waals surface area (Å²) < 4.78 is 5.31. The van der Waals surface area contributed by atoms with Crippen LogP contribution in [0.15, 0.2) is 60.7 Å². The summed E-state index contributed by atoms with van der Waals surface area (Å²) in [6.45, 7) is 5.58. The number of hydrogen-bond acceptors (Lipinski definition) is 4. The van der Waals surface area contributed by atoms with Gasteiger partial charge >= 0.3 is 6.09 Å². The molecule has 2 rings (SSSR count). The van der Waals surface area contributed by atoms with Crippen LogP contribution in [0.2, 0.25) is 0 Å². The minimum atomic E-state index is -0.722. The molecule has 5 nitrogen and oxygen atoms in total. The maximum atomic E-state index is 12.3. The Hall–Kier alpha value is -2.37. The van der Waals surface area contributed by atoms with Crippen molar-refractivity contribution in [3.8, 4) is 5.75 Å². The lowest BCUT2D eigenvalue weighted by molar-refractivity contribution is 0.119. The van der Waals surface area contributed by atoms with Gasteiger partial charge in [-0.15, -0.1) is 0 Å². The van der Waals surface area contributed by atoms with Gasteiger partial charge in [-0.3, -0.25) is 0 Å². The van der Waals surface area contributed by atoms with Crippen LogP contribution in [0.25, 0.3) is 0 Å². The van der Waals surface area contributed by atoms with Gasteiger partial charge in [0.25, 0.3) is 0 Å². The number of para-hydroxylation sites is 1. The molecule has 0 saturated carbocycles. The molecule has 0 aliphatic rings. The lowest BCUT2D eigenvalue weighted by Gasteiger charge is -2.24. The van der Waals surface area contributed by atoms with E-state index >= 15 is 0 Å². The Morgan fingerprint density at radius 1 is 1.04 bits per heavy atom. The smallest absolute Gasteiger partial charge is 0.410 e. The molecule has 0 unspecified atom stereocenters. The molecule has 0 fully saturated rings. The standard InChI is InChI=1S/C22H30N2O3/c1-17(2)13-14-23-16-21(25)20(15-18-9-5-3-6-10-18)24-22(26)27-19-11-7-4-8-12-19/h3-12,17,20-21,23,25H,13-16H2,1-2H3,(H,24,26)/t20-,21+/m0/s1. The van der Waals surface area contributed by atoms with Crippen LogP contribution in [0.4, 0.5) is 4.79 Å². The van der Waals surface area contributed by atoms with Gasteiger partial charge in [0, 0.05) is 6.54 Å². The van der Waals surface area contributed by atoms with Crippen molar-refractivity contribution in [1.82, 2.24) is 10.6 Å². The van der Waals surface area contributed by atoms with Crippen molar-refractivity contribution in [2.24, 2.45) is 5.92 Å². The molecule has 0 saturated heterocycles. The van der Waals surface area contributed by atoms with Crippen LogP contribution in [-0.2, 0) is 6.42 Å². The third kappa shape index (κ3) is 8.24. The molecule has 146 valence electrons. The van der Waals surface area contributed by atoms with Crippen molar-refractivity contribution in [3.05, 3.63) is 66.2 Å². The van der Waals surface area contributed by atoms with Crippen LogP contribution in [0.5, 0.6) is 5.75 Å². The van der Waals surface area contributed by atoms with Gasteiger partial charge in [0.2, 0.25) is 0 Å². The quantitative estimate of drug-likeness (QED) is 0.561. The van der Waals surface area contributed by atoms with Gasteiger partial charge in [0.1, 0.15) is 5.75 Å². The summed E-state index contributed by atoms with van der Waals surface area (Å²) in [6.07, 6.45) is 0.279. The fourth-order valence-corrected chi connectivity index (χ4v) is 2.71. The second-order valence-corrected chi connectivity index (χ2v) is 7.10. The van der Waals surface area contributed by atoms with Crippen LogP contribution in [-0.4, -0.2) is 36.4 Å². The highest BCUT2D eigenvalue weighted by Crippen LogP contribution is 2.10. The normalized spacial score (nSPS) is 13.2. The van der Waals surface area contributed by atoms with Crippen LogP contribution in [0, 0.1) is 5.92 Å². The van der Waals surface area contributed by atoms with Crippen molar-refractivity contribution >= 4 is 6.09 Å². The summed E-state index contributed by atoms with van der Waals surface area (Å²) in [7, 11) is 0. The SMILES string of the molecule is CC(C)CCNC[C@@H](O)[C@H](Cc1ccccc1)NC(=O)Oc1ccccc1. The average molecular weight is 370 g/mol. The number of rotatable bonds is 10. The van der Waals surface area contributed by atoms with E-state index in [1.807, 2.05) is 36.4 Å². The number of hydrogen-bond donors (Lipinski definition) is 3. The van der Waals surface area contributed by atoms with E-state index in [9.17, 15) is 9.90 Å². The van der Waals surface area contributed by atoms with Gasteiger partial charge in [0.05, 0.1) is 12.1 Å². The lowest BCUT2D eigenvalue weighted by atomic mass is 10.0. The molecule has 2 atom stereocenters. The van der Waals surface area contributed by atoms with Crippen molar-refractivity contribution in [3.63, 3.8) is 0 Å². The first-order valence-corrected chi connectivity index (χ1v) is 9.50. The van der Waals surface area contributed by atoms with E-state index in [1.165, 1.54) is 0 Å². The maximum absolute atomic E-state index is 12.3. The fourth-order valence-electron chi connectivity index (χ4n) is 2.71. The maximum Gasteiger partial charge on any atom is 0.412 e. The molecule has 0 aromatic heterocycles. The first-order valence-electron chi connectivity index (χ1n) is 9.50. The van der Waals surface area contributed by atoms with E-state index in [0.29, 0.717) is 24.6 Å². The number of ether oxygens (including phenoxy) is 1. The third-order valence-electron chi connectivity index (χ3n) is 4.27. The molecule has 0 radical (unpaired) electrons. The lowest BCUT2D eigenvalue weighted by Crippen LogP contribution is -2.49. The number of amides is 1. The van der Waals surface area contributed by atoms with Crippen LogP contribution in [0.3, 0.4) is 0 Å². The van der Waals surface area contributed by atoms with Gasteiger partial charge in [-0.25, -0.2) is 4.79 Å². The second kappa shape index (κ2) is 11.4. The minimum absolute atomic E-state index is 0.413. The molecule has 0 bridgehead atoms. The largest absolute Gasteiger partial charge is 0.412 e. The molecule has 5 heteroatoms. The molecular weight excluding hydrogens is 340 g/mol. The Bertz CT molecular complexity index is 662. The first kappa shape index (κ1) is 20.9. The number of aliphatic hydroxyl groups is 1. The van der Waals surface area contributed by atoms with E-state index in [1.54, 1.807) is 24.3 Å². The summed E-state index contributed by atoms with van der Waals surface area (Å²) in [6, 6.07) is 18.3. The zero-order valence-corrected chi connectivity index (χ0v) is 16.1. The number of carbonyl (C=O) groups is 1. The Morgan fingerprint density at radius 3 is 2.30 bits per heavy atom. The predicted octanol–water partition coefficient (Wildman–Crippen LogP) is 3.38. The predicted molar refractivity (Wildman–Crippen MR) is 108 cm³/mol. The highest BCUT2D eigenvalue weighted by Gasteiger charge is 2.22. The third-order valence-corrected chi connectivity index (χ3v) is 4.27. The Labute approximate surface area is 161 Å². The Morgan fingerprint density at radius 2 is 1.67 bits per heavy atom. The first-order chi connectivity index (χ1) is 13.0. The molecule has 2 aromatic rings. The second-order valence-electron chi connectivity index (χ2n) is 7.10. The number of aliphatic hydroxyl groups excluding tert-OH is 1. The molecule has 0 heterocycles. The number of carbonyl (C=O) groups excluding carboxylic acids is 1. The number of nitrogens with one attached hydrogen (secondary N) is 2. The summed E-state index contributed by atoms with van der Waals surface area (Å²) in [5.74, 6) is 1.08. The molecule has 27 heavy (non-hydrogen) atoms. The monoisotopic (exact) mass is 370 g/mol. The molecule has 0 aliphatic carbocycles. The van der Waals surface area contributed by atoms with Gasteiger partial charge in [0.15, 0.2) is 0 Å². The number of benzene rings is 2. The summed E-state index contributed by atoms with van der Waals surface area (Å²) in [4.78, 5) is 12.3. The highest BCUT2D eigenvalue weighted by molar-refractivity contribution is 5.70. The van der Waals surface area contributed by atoms with E-state index in [4.69, 9.17) is 4.74 Å². The van der Waals surface area contributed by atoms with Gasteiger partial charge in [-0.1, -0.05) is 62.4 Å². The molecular formula is C22H30N2O3. The van der Waals surface area contributed by atoms with Crippen molar-refractivity contribution in [1.29, 1.82) is 0 Å². The topological polar surface area (TPSA) is 70.6 Å². The summed E-state index contributed by atoms with van der Waals surface area (Å²) in [5, 5.41) is 16.7. The van der Waals surface area contributed by atoms with Crippen molar-refractivity contribution < 1.29 is 14.6 Å². The molecule has 0 aliphatic heterocycles. The van der Waals surface area contributed by atoms with E-state index < -0.39 is 18.2 Å². The van der Waals surface area contributed by atoms with Gasteiger partial charge < -0.3 is 20.5 Å². The van der Waals surface area contributed by atoms with E-state index in [-0.39, 0.29) is 0 Å². The Kier molecular flexibility index (Phi) is 8.81. The summed E-state index contributed by atoms with van der Waals surface area (Å²) >= 11 is 0. The summed E-state index contributed by atoms with van der Waals surface area (Å²) in [5.41, 5.74) is 1.05. The Balaban J connectivity index is 1.94. The molecule has 1 amide bonds. The molecule has 3 N–H and O–H groups in total. The van der Waals surface area contributed by atoms with E-state index in [0.717, 1.165) is 18.5 Å². The van der Waals surface area contributed by atoms with E-state index in [2.05, 4.69) is 24.5 Å². The minimum Gasteiger partial charge on any atom is -0.410 e. The average Bonchev–Trinajstić information content (AvgIpc) is 2.66. The van der Waals surface area contributed by atoms with Crippen molar-refractivity contribution in [2.45, 2.75) is 38.8 Å². The van der Waals surface area contributed by atoms with Gasteiger partial charge in [-0.2, -0.15) is 0 Å². The zero-order valence-electron chi connectivity index (χ0n) is 16.1. The van der Waals surface area contributed by atoms with Crippen LogP contribution >= 0.6 is 0 Å². The zero-order chi connectivity index (χ0) is 19.5.